The molecule has 0 aliphatic heterocycles. The van der Waals surface area contributed by atoms with E-state index >= 15 is 0 Å². The van der Waals surface area contributed by atoms with Crippen LogP contribution in [0.5, 0.6) is 0 Å². The molecule has 0 saturated carbocycles. The minimum atomic E-state index is -3.69. The van der Waals surface area contributed by atoms with E-state index in [-0.39, 0.29) is 4.90 Å². The Bertz CT molecular complexity index is 897. The van der Waals surface area contributed by atoms with E-state index in [4.69, 9.17) is 0 Å². The Morgan fingerprint density at radius 1 is 1.05 bits per heavy atom. The number of anilines is 1. The van der Waals surface area contributed by atoms with E-state index in [9.17, 15) is 8.42 Å². The molecule has 7 heteroatoms. The summed E-state index contributed by atoms with van der Waals surface area (Å²) in [4.78, 5) is 0.146. The van der Waals surface area contributed by atoms with Crippen LogP contribution in [0.25, 0.3) is 11.0 Å². The van der Waals surface area contributed by atoms with Crippen molar-refractivity contribution < 1.29 is 8.42 Å². The molecule has 21 heavy (non-hydrogen) atoms. The van der Waals surface area contributed by atoms with Crippen molar-refractivity contribution in [3.63, 3.8) is 0 Å². The Morgan fingerprint density at radius 3 is 2.48 bits per heavy atom. The SMILES string of the molecule is Cc1cc(C)cc(NS(=O)(=O)c2cccc3nsnc23)c1. The molecule has 1 N–H and O–H groups in total. The van der Waals surface area contributed by atoms with E-state index in [1.165, 1.54) is 6.07 Å². The molecule has 0 atom stereocenters. The van der Waals surface area contributed by atoms with Crippen molar-refractivity contribution >= 4 is 38.5 Å². The van der Waals surface area contributed by atoms with Gasteiger partial charge in [0.2, 0.25) is 0 Å². The average molecular weight is 319 g/mol. The van der Waals surface area contributed by atoms with Crippen LogP contribution in [0.15, 0.2) is 41.3 Å². The summed E-state index contributed by atoms with van der Waals surface area (Å²) in [5, 5.41) is 0. The zero-order valence-corrected chi connectivity index (χ0v) is 13.1. The topological polar surface area (TPSA) is 72.0 Å². The molecule has 0 aliphatic rings. The molecule has 0 aliphatic carbocycles. The third kappa shape index (κ3) is 2.74. The fourth-order valence-corrected chi connectivity index (χ4v) is 4.05. The minimum absolute atomic E-state index is 0.146. The van der Waals surface area contributed by atoms with Gasteiger partial charge in [0, 0.05) is 5.69 Å². The highest BCUT2D eigenvalue weighted by atomic mass is 32.2. The highest BCUT2D eigenvalue weighted by molar-refractivity contribution is 7.93. The first-order chi connectivity index (χ1) is 9.95. The largest absolute Gasteiger partial charge is 0.280 e. The van der Waals surface area contributed by atoms with Crippen LogP contribution in [0.1, 0.15) is 11.1 Å². The summed E-state index contributed by atoms with van der Waals surface area (Å²) >= 11 is 1.00. The van der Waals surface area contributed by atoms with Crippen LogP contribution in [-0.2, 0) is 10.0 Å². The van der Waals surface area contributed by atoms with Gasteiger partial charge >= 0.3 is 0 Å². The summed E-state index contributed by atoms with van der Waals surface area (Å²) in [6, 6.07) is 10.5. The first-order valence-corrected chi connectivity index (χ1v) is 8.49. The van der Waals surface area contributed by atoms with Crippen LogP contribution >= 0.6 is 11.7 Å². The zero-order chi connectivity index (χ0) is 15.0. The second-order valence-corrected chi connectivity index (χ2v) is 7.05. The molecule has 1 aromatic heterocycles. The monoisotopic (exact) mass is 319 g/mol. The maximum Gasteiger partial charge on any atom is 0.264 e. The number of hydrogen-bond donors (Lipinski definition) is 1. The average Bonchev–Trinajstić information content (AvgIpc) is 2.84. The summed E-state index contributed by atoms with van der Waals surface area (Å²) in [6.45, 7) is 3.85. The Morgan fingerprint density at radius 2 is 1.76 bits per heavy atom. The van der Waals surface area contributed by atoms with Crippen molar-refractivity contribution in [3.05, 3.63) is 47.5 Å². The summed E-state index contributed by atoms with van der Waals surface area (Å²) in [6.07, 6.45) is 0. The summed E-state index contributed by atoms with van der Waals surface area (Å²) in [5.74, 6) is 0. The molecule has 0 unspecified atom stereocenters. The predicted molar refractivity (Wildman–Crippen MR) is 84.1 cm³/mol. The second kappa shape index (κ2) is 5.09. The molecule has 108 valence electrons. The van der Waals surface area contributed by atoms with Crippen LogP contribution in [-0.4, -0.2) is 17.2 Å². The van der Waals surface area contributed by atoms with E-state index < -0.39 is 10.0 Å². The number of sulfonamides is 1. The number of rotatable bonds is 3. The number of benzene rings is 2. The predicted octanol–water partition coefficient (Wildman–Crippen LogP) is 3.11. The van der Waals surface area contributed by atoms with Crippen LogP contribution in [0.4, 0.5) is 5.69 Å². The van der Waals surface area contributed by atoms with Crippen LogP contribution in [0.3, 0.4) is 0 Å². The van der Waals surface area contributed by atoms with Crippen LogP contribution in [0.2, 0.25) is 0 Å². The normalized spacial score (nSPS) is 11.7. The van der Waals surface area contributed by atoms with Crippen LogP contribution < -0.4 is 4.72 Å². The van der Waals surface area contributed by atoms with Gasteiger partial charge in [0.05, 0.1) is 11.7 Å². The molecule has 1 heterocycles. The fourth-order valence-electron chi connectivity index (χ4n) is 2.24. The number of nitrogens with zero attached hydrogens (tertiary/aromatic N) is 2. The van der Waals surface area contributed by atoms with Crippen molar-refractivity contribution in [1.82, 2.24) is 8.75 Å². The minimum Gasteiger partial charge on any atom is -0.280 e. The van der Waals surface area contributed by atoms with Crippen molar-refractivity contribution in [2.45, 2.75) is 18.7 Å². The quantitative estimate of drug-likeness (QED) is 0.805. The lowest BCUT2D eigenvalue weighted by atomic mass is 10.1. The van der Waals surface area contributed by atoms with Gasteiger partial charge in [-0.15, -0.1) is 0 Å². The molecule has 3 aromatic rings. The van der Waals surface area contributed by atoms with E-state index in [0.29, 0.717) is 16.7 Å². The van der Waals surface area contributed by atoms with Gasteiger partial charge in [-0.2, -0.15) is 8.75 Å². The molecular formula is C14H13N3O2S2. The molecule has 5 nitrogen and oxygen atoms in total. The van der Waals surface area contributed by atoms with E-state index in [1.54, 1.807) is 24.3 Å². The Labute approximate surface area is 127 Å². The van der Waals surface area contributed by atoms with Gasteiger partial charge < -0.3 is 0 Å². The van der Waals surface area contributed by atoms with Gasteiger partial charge in [0.15, 0.2) is 0 Å². The van der Waals surface area contributed by atoms with Crippen molar-refractivity contribution in [1.29, 1.82) is 0 Å². The van der Waals surface area contributed by atoms with Gasteiger partial charge in [0.25, 0.3) is 10.0 Å². The lowest BCUT2D eigenvalue weighted by Crippen LogP contribution is -2.13. The number of aromatic nitrogens is 2. The van der Waals surface area contributed by atoms with Gasteiger partial charge in [-0.1, -0.05) is 12.1 Å². The number of nitrogens with one attached hydrogen (secondary N) is 1. The Balaban J connectivity index is 2.06. The van der Waals surface area contributed by atoms with Gasteiger partial charge in [-0.25, -0.2) is 8.42 Å². The summed E-state index contributed by atoms with van der Waals surface area (Å²) < 4.78 is 35.9. The molecule has 0 radical (unpaired) electrons. The first kappa shape index (κ1) is 14.0. The molecule has 0 fully saturated rings. The lowest BCUT2D eigenvalue weighted by molar-refractivity contribution is 0.602. The fraction of sp³-hybridized carbons (Fsp3) is 0.143. The van der Waals surface area contributed by atoms with E-state index in [1.807, 2.05) is 19.9 Å². The third-order valence-electron chi connectivity index (χ3n) is 3.01. The Kier molecular flexibility index (Phi) is 3.38. The third-order valence-corrected chi connectivity index (χ3v) is 4.97. The van der Waals surface area contributed by atoms with Crippen molar-refractivity contribution in [2.24, 2.45) is 0 Å². The standard InChI is InChI=1S/C14H13N3O2S2/c1-9-6-10(2)8-11(7-9)17-21(18,19)13-5-3-4-12-14(13)16-20-15-12/h3-8,17H,1-2H3. The highest BCUT2D eigenvalue weighted by Crippen LogP contribution is 2.24. The number of fused-ring (bicyclic) bond motifs is 1. The second-order valence-electron chi connectivity index (χ2n) is 4.87. The van der Waals surface area contributed by atoms with E-state index in [0.717, 1.165) is 22.9 Å². The summed E-state index contributed by atoms with van der Waals surface area (Å²) in [7, 11) is -3.69. The molecule has 0 bridgehead atoms. The summed E-state index contributed by atoms with van der Waals surface area (Å²) in [5.41, 5.74) is 3.54. The number of hydrogen-bond acceptors (Lipinski definition) is 5. The van der Waals surface area contributed by atoms with E-state index in [2.05, 4.69) is 13.5 Å². The smallest absolute Gasteiger partial charge is 0.264 e. The first-order valence-electron chi connectivity index (χ1n) is 6.28. The van der Waals surface area contributed by atoms with Gasteiger partial charge in [-0.05, 0) is 49.2 Å². The van der Waals surface area contributed by atoms with Gasteiger partial charge in [0.1, 0.15) is 15.9 Å². The van der Waals surface area contributed by atoms with Crippen molar-refractivity contribution in [3.8, 4) is 0 Å². The molecule has 3 rings (SSSR count). The molecule has 0 saturated heterocycles. The van der Waals surface area contributed by atoms with Crippen molar-refractivity contribution in [2.75, 3.05) is 4.72 Å². The van der Waals surface area contributed by atoms with Crippen LogP contribution in [0, 0.1) is 13.8 Å². The zero-order valence-electron chi connectivity index (χ0n) is 11.5. The molecule has 2 aromatic carbocycles. The molecular weight excluding hydrogens is 306 g/mol. The maximum absolute atomic E-state index is 12.6. The number of aryl methyl sites for hydroxylation is 2. The molecule has 0 spiro atoms. The molecule has 0 amide bonds. The highest BCUT2D eigenvalue weighted by Gasteiger charge is 2.19. The lowest BCUT2D eigenvalue weighted by Gasteiger charge is -2.10. The maximum atomic E-state index is 12.6. The Hall–Kier alpha value is -1.99. The van der Waals surface area contributed by atoms with Gasteiger partial charge in [-0.3, -0.25) is 4.72 Å².